The molecule has 2 rings (SSSR count). The Morgan fingerprint density at radius 1 is 1.63 bits per heavy atom. The number of amides is 1. The van der Waals surface area contributed by atoms with E-state index in [0.29, 0.717) is 13.2 Å². The Bertz CT molecular complexity index is 490. The molecule has 0 radical (unpaired) electrons. The lowest BCUT2D eigenvalue weighted by Crippen LogP contribution is -2.32. The topological polar surface area (TPSA) is 66.8 Å². The highest BCUT2D eigenvalue weighted by atomic mass is 79.9. The van der Waals surface area contributed by atoms with Gasteiger partial charge in [-0.25, -0.2) is 0 Å². The molecule has 0 aromatic carbocycles. The zero-order valence-corrected chi connectivity index (χ0v) is 12.7. The number of hydrogen-bond acceptors (Lipinski definition) is 4. The van der Waals surface area contributed by atoms with E-state index in [0.717, 1.165) is 8.66 Å². The van der Waals surface area contributed by atoms with Crippen molar-refractivity contribution in [3.05, 3.63) is 20.8 Å². The molecule has 104 valence electrons. The summed E-state index contributed by atoms with van der Waals surface area (Å²) in [4.78, 5) is 25.8. The van der Waals surface area contributed by atoms with Crippen molar-refractivity contribution in [2.75, 3.05) is 20.3 Å². The molecule has 1 amide bonds. The summed E-state index contributed by atoms with van der Waals surface area (Å²) < 4.78 is 5.92. The Morgan fingerprint density at radius 3 is 2.89 bits per heavy atom. The van der Waals surface area contributed by atoms with E-state index in [1.807, 2.05) is 12.1 Å². The molecular formula is C12H14BrNO4S. The number of thiophene rings is 1. The average molecular weight is 348 g/mol. The van der Waals surface area contributed by atoms with Gasteiger partial charge in [0.05, 0.1) is 22.4 Å². The number of likely N-dealkylation sites (tertiary alicyclic amines) is 1. The van der Waals surface area contributed by atoms with Crippen molar-refractivity contribution in [3.63, 3.8) is 0 Å². The highest BCUT2D eigenvalue weighted by Gasteiger charge is 2.45. The van der Waals surface area contributed by atoms with Crippen LogP contribution in [0.5, 0.6) is 0 Å². The first-order valence-electron chi connectivity index (χ1n) is 5.81. The predicted molar refractivity (Wildman–Crippen MR) is 74.1 cm³/mol. The van der Waals surface area contributed by atoms with Crippen LogP contribution in [0.15, 0.2) is 15.9 Å². The zero-order chi connectivity index (χ0) is 14.0. The molecule has 1 aliphatic heterocycles. The number of carboxylic acid groups (broad SMARTS) is 1. The van der Waals surface area contributed by atoms with Gasteiger partial charge in [-0.2, -0.15) is 0 Å². The number of rotatable bonds is 5. The van der Waals surface area contributed by atoms with Crippen molar-refractivity contribution in [2.24, 2.45) is 5.92 Å². The molecule has 1 aromatic heterocycles. The maximum absolute atomic E-state index is 12.0. The minimum absolute atomic E-state index is 0.0548. The van der Waals surface area contributed by atoms with Gasteiger partial charge in [-0.3, -0.25) is 9.59 Å². The van der Waals surface area contributed by atoms with Gasteiger partial charge in [0.1, 0.15) is 0 Å². The monoisotopic (exact) mass is 347 g/mol. The van der Waals surface area contributed by atoms with Crippen LogP contribution < -0.4 is 0 Å². The van der Waals surface area contributed by atoms with Crippen molar-refractivity contribution in [2.45, 2.75) is 12.5 Å². The van der Waals surface area contributed by atoms with Crippen molar-refractivity contribution < 1.29 is 19.4 Å². The van der Waals surface area contributed by atoms with E-state index >= 15 is 0 Å². The Labute approximate surface area is 123 Å². The summed E-state index contributed by atoms with van der Waals surface area (Å²) in [5.41, 5.74) is 0. The molecule has 2 heterocycles. The summed E-state index contributed by atoms with van der Waals surface area (Å²) in [6.07, 6.45) is 0.0548. The third-order valence-electron chi connectivity index (χ3n) is 3.17. The fraction of sp³-hybridized carbons (Fsp3) is 0.500. The molecule has 19 heavy (non-hydrogen) atoms. The number of carboxylic acids is 1. The normalized spacial score (nSPS) is 23.1. The second-order valence-electron chi connectivity index (χ2n) is 4.32. The number of carbonyl (C=O) groups excluding carboxylic acids is 1. The number of carbonyl (C=O) groups is 2. The average Bonchev–Trinajstić information content (AvgIpc) is 2.90. The maximum atomic E-state index is 12.0. The van der Waals surface area contributed by atoms with E-state index in [4.69, 9.17) is 4.74 Å². The number of nitrogens with zero attached hydrogens (tertiary/aromatic N) is 1. The SMILES string of the molecule is COCCN1C(=O)CC(C(=O)O)C1c1ccc(Br)s1. The van der Waals surface area contributed by atoms with Gasteiger partial charge in [0.2, 0.25) is 5.91 Å². The first kappa shape index (κ1) is 14.5. The Balaban J connectivity index is 2.30. The van der Waals surface area contributed by atoms with Crippen LogP contribution in [0.3, 0.4) is 0 Å². The first-order chi connectivity index (χ1) is 9.04. The molecule has 1 saturated heterocycles. The van der Waals surface area contributed by atoms with E-state index in [1.165, 1.54) is 11.3 Å². The molecule has 0 spiro atoms. The van der Waals surface area contributed by atoms with Gasteiger partial charge in [0.25, 0.3) is 0 Å². The van der Waals surface area contributed by atoms with Gasteiger partial charge in [-0.05, 0) is 28.1 Å². The summed E-state index contributed by atoms with van der Waals surface area (Å²) in [6, 6.07) is 3.35. The van der Waals surface area contributed by atoms with Gasteiger partial charge >= 0.3 is 5.97 Å². The number of hydrogen-bond donors (Lipinski definition) is 1. The van der Waals surface area contributed by atoms with Gasteiger partial charge < -0.3 is 14.7 Å². The van der Waals surface area contributed by atoms with Crippen LogP contribution >= 0.6 is 27.3 Å². The molecule has 2 atom stereocenters. The highest BCUT2D eigenvalue weighted by molar-refractivity contribution is 9.11. The van der Waals surface area contributed by atoms with Gasteiger partial charge in [-0.15, -0.1) is 11.3 Å². The summed E-state index contributed by atoms with van der Waals surface area (Å²) in [5.74, 6) is -1.74. The summed E-state index contributed by atoms with van der Waals surface area (Å²) in [5, 5.41) is 9.30. The molecule has 1 aromatic rings. The van der Waals surface area contributed by atoms with Gasteiger partial charge in [0, 0.05) is 25.0 Å². The van der Waals surface area contributed by atoms with Gasteiger partial charge in [-0.1, -0.05) is 0 Å². The van der Waals surface area contributed by atoms with Crippen LogP contribution in [0.1, 0.15) is 17.3 Å². The van der Waals surface area contributed by atoms with Crippen molar-refractivity contribution in [1.29, 1.82) is 0 Å². The van der Waals surface area contributed by atoms with Crippen LogP contribution in [-0.4, -0.2) is 42.1 Å². The molecule has 5 nitrogen and oxygen atoms in total. The Kier molecular flexibility index (Phi) is 4.59. The zero-order valence-electron chi connectivity index (χ0n) is 10.3. The molecule has 0 aliphatic carbocycles. The van der Waals surface area contributed by atoms with E-state index in [2.05, 4.69) is 15.9 Å². The van der Waals surface area contributed by atoms with Gasteiger partial charge in [0.15, 0.2) is 0 Å². The second-order valence-corrected chi connectivity index (χ2v) is 6.81. The summed E-state index contributed by atoms with van der Waals surface area (Å²) in [7, 11) is 1.56. The van der Waals surface area contributed by atoms with E-state index in [1.54, 1.807) is 12.0 Å². The number of methoxy groups -OCH3 is 1. The lowest BCUT2D eigenvalue weighted by molar-refractivity contribution is -0.142. The lowest BCUT2D eigenvalue weighted by Gasteiger charge is -2.25. The van der Waals surface area contributed by atoms with Crippen LogP contribution in [0.2, 0.25) is 0 Å². The third-order valence-corrected chi connectivity index (χ3v) is 4.87. The fourth-order valence-corrected chi connectivity index (χ4v) is 3.91. The molecular weight excluding hydrogens is 334 g/mol. The minimum Gasteiger partial charge on any atom is -0.481 e. The molecule has 1 N–H and O–H groups in total. The summed E-state index contributed by atoms with van der Waals surface area (Å²) in [6.45, 7) is 0.820. The van der Waals surface area contributed by atoms with Crippen LogP contribution in [-0.2, 0) is 14.3 Å². The molecule has 1 fully saturated rings. The third kappa shape index (κ3) is 2.98. The van der Waals surface area contributed by atoms with Crippen LogP contribution in [0.25, 0.3) is 0 Å². The smallest absolute Gasteiger partial charge is 0.309 e. The van der Waals surface area contributed by atoms with E-state index < -0.39 is 17.9 Å². The number of halogens is 1. The van der Waals surface area contributed by atoms with Crippen LogP contribution in [0, 0.1) is 5.92 Å². The Hall–Kier alpha value is -0.920. The lowest BCUT2D eigenvalue weighted by atomic mass is 9.99. The standard InChI is InChI=1S/C12H14BrNO4S/c1-18-5-4-14-10(15)6-7(12(16)17)11(14)8-2-3-9(13)19-8/h2-3,7,11H,4-6H2,1H3,(H,16,17). The van der Waals surface area contributed by atoms with Crippen molar-refractivity contribution >= 4 is 39.1 Å². The molecule has 1 aliphatic rings. The Morgan fingerprint density at radius 2 is 2.37 bits per heavy atom. The second kappa shape index (κ2) is 6.02. The van der Waals surface area contributed by atoms with Crippen molar-refractivity contribution in [3.8, 4) is 0 Å². The number of ether oxygens (including phenoxy) is 1. The molecule has 0 saturated carbocycles. The van der Waals surface area contributed by atoms with Crippen molar-refractivity contribution in [1.82, 2.24) is 4.90 Å². The predicted octanol–water partition coefficient (Wildman–Crippen LogP) is 2.13. The largest absolute Gasteiger partial charge is 0.481 e. The first-order valence-corrected chi connectivity index (χ1v) is 7.42. The fourth-order valence-electron chi connectivity index (χ4n) is 2.30. The molecule has 2 unspecified atom stereocenters. The summed E-state index contributed by atoms with van der Waals surface area (Å²) >= 11 is 4.83. The maximum Gasteiger partial charge on any atom is 0.309 e. The molecule has 7 heteroatoms. The minimum atomic E-state index is -0.928. The molecule has 0 bridgehead atoms. The van der Waals surface area contributed by atoms with E-state index in [9.17, 15) is 14.7 Å². The van der Waals surface area contributed by atoms with E-state index in [-0.39, 0.29) is 12.3 Å². The highest BCUT2D eigenvalue weighted by Crippen LogP contribution is 2.41. The number of aliphatic carboxylic acids is 1. The van der Waals surface area contributed by atoms with Crippen LogP contribution in [0.4, 0.5) is 0 Å². The quantitative estimate of drug-likeness (QED) is 0.885.